The summed E-state index contributed by atoms with van der Waals surface area (Å²) >= 11 is 0. The van der Waals surface area contributed by atoms with Crippen LogP contribution in [0.1, 0.15) is 66.2 Å². The molecule has 0 radical (unpaired) electrons. The zero-order valence-electron chi connectivity index (χ0n) is 21.2. The van der Waals surface area contributed by atoms with Crippen LogP contribution in [0.3, 0.4) is 0 Å². The molecule has 10 atom stereocenters. The number of carbonyl (C=O) groups is 3. The van der Waals surface area contributed by atoms with E-state index in [4.69, 9.17) is 23.4 Å². The van der Waals surface area contributed by atoms with Crippen LogP contribution in [0.25, 0.3) is 0 Å². The van der Waals surface area contributed by atoms with Crippen molar-refractivity contribution in [2.24, 2.45) is 23.2 Å². The quantitative estimate of drug-likeness (QED) is 0.387. The van der Waals surface area contributed by atoms with Gasteiger partial charge in [-0.15, -0.1) is 0 Å². The Labute approximate surface area is 204 Å². The summed E-state index contributed by atoms with van der Waals surface area (Å²) in [5.74, 6) is -2.02. The molecule has 0 unspecified atom stereocenters. The molecular weight excluding hydrogens is 456 g/mol. The Kier molecular flexibility index (Phi) is 5.08. The summed E-state index contributed by atoms with van der Waals surface area (Å²) in [6.07, 6.45) is -0.101. The van der Waals surface area contributed by atoms with Gasteiger partial charge in [-0.2, -0.15) is 0 Å². The molecule has 9 heteroatoms. The molecular formula is C26H34O9. The molecule has 0 bridgehead atoms. The van der Waals surface area contributed by atoms with Crippen LogP contribution < -0.4 is 0 Å². The number of carbonyl (C=O) groups excluding carboxylic acids is 3. The Morgan fingerprint density at radius 1 is 1.03 bits per heavy atom. The first-order valence-electron chi connectivity index (χ1n) is 12.2. The number of hydrogen-bond donors (Lipinski definition) is 1. The van der Waals surface area contributed by atoms with Crippen molar-refractivity contribution in [2.45, 2.75) is 96.4 Å². The average Bonchev–Trinajstić information content (AvgIpc) is 3.11. The third-order valence-electron chi connectivity index (χ3n) is 9.55. The number of esters is 3. The van der Waals surface area contributed by atoms with Crippen molar-refractivity contribution in [1.82, 2.24) is 0 Å². The number of furan rings is 1. The summed E-state index contributed by atoms with van der Waals surface area (Å²) in [6, 6.07) is 1.72. The molecule has 1 aliphatic heterocycles. The first-order chi connectivity index (χ1) is 16.2. The van der Waals surface area contributed by atoms with E-state index in [1.807, 2.05) is 20.8 Å². The van der Waals surface area contributed by atoms with Gasteiger partial charge in [-0.05, 0) is 38.2 Å². The summed E-state index contributed by atoms with van der Waals surface area (Å²) in [7, 11) is 0. The Bertz CT molecular complexity index is 1090. The Balaban J connectivity index is 1.79. The van der Waals surface area contributed by atoms with E-state index in [0.29, 0.717) is 24.2 Å². The van der Waals surface area contributed by atoms with Crippen LogP contribution in [-0.2, 0) is 45.4 Å². The molecule has 1 aromatic rings. The number of aliphatic hydroxyl groups is 1. The van der Waals surface area contributed by atoms with E-state index in [0.717, 1.165) is 0 Å². The molecule has 4 aliphatic rings. The van der Waals surface area contributed by atoms with Crippen LogP contribution >= 0.6 is 0 Å². The maximum Gasteiger partial charge on any atom is 0.303 e. The minimum atomic E-state index is -1.48. The molecule has 3 fully saturated rings. The Morgan fingerprint density at radius 2 is 1.66 bits per heavy atom. The van der Waals surface area contributed by atoms with Gasteiger partial charge in [0.2, 0.25) is 0 Å². The van der Waals surface area contributed by atoms with Gasteiger partial charge in [-0.3, -0.25) is 14.4 Å². The smallest absolute Gasteiger partial charge is 0.303 e. The van der Waals surface area contributed by atoms with E-state index in [1.165, 1.54) is 27.0 Å². The van der Waals surface area contributed by atoms with Gasteiger partial charge in [0.1, 0.15) is 29.2 Å². The van der Waals surface area contributed by atoms with Crippen molar-refractivity contribution in [3.8, 4) is 0 Å². The van der Waals surface area contributed by atoms with E-state index in [2.05, 4.69) is 0 Å². The van der Waals surface area contributed by atoms with Crippen LogP contribution in [0.2, 0.25) is 0 Å². The van der Waals surface area contributed by atoms with Gasteiger partial charge < -0.3 is 28.5 Å². The number of hydrogen-bond acceptors (Lipinski definition) is 9. The average molecular weight is 491 g/mol. The maximum absolute atomic E-state index is 12.4. The molecule has 35 heavy (non-hydrogen) atoms. The second-order valence-corrected chi connectivity index (χ2v) is 11.3. The van der Waals surface area contributed by atoms with Gasteiger partial charge in [0.05, 0.1) is 11.9 Å². The molecule has 1 aromatic heterocycles. The topological polar surface area (TPSA) is 125 Å². The van der Waals surface area contributed by atoms with Gasteiger partial charge in [0.25, 0.3) is 0 Å². The standard InChI is InChI=1S/C26H34O9/c1-12-10-19(32-13(2)27)23(5)17-11-18-16(8-9-31-18)24(6,30)20(17)21(33-14(3)28)22(34-15(4)29)26(23)25(12,7)35-26/h8-9,12,17,19-22,30H,10-11H2,1-7H3/t12-,17-,19-,20-,21+,22-,23-,24+,25+,26-/m0/s1. The SMILES string of the molecule is CC(=O)O[C@@H]1[C@@H]2[C@H](Cc3occc3[C@@]2(C)O)[C@@]2(C)[C@@H](OC(C)=O)C[C@H](C)[C@@]3(C)O[C@@]23[C@H]1OC(C)=O. The van der Waals surface area contributed by atoms with E-state index in [-0.39, 0.29) is 11.8 Å². The lowest BCUT2D eigenvalue weighted by molar-refractivity contribution is -0.266. The molecule has 3 aliphatic carbocycles. The predicted octanol–water partition coefficient (Wildman–Crippen LogP) is 2.66. The van der Waals surface area contributed by atoms with Crippen LogP contribution in [0.4, 0.5) is 0 Å². The molecule has 1 spiro atoms. The van der Waals surface area contributed by atoms with Crippen molar-refractivity contribution in [3.63, 3.8) is 0 Å². The second-order valence-electron chi connectivity index (χ2n) is 11.3. The fourth-order valence-electron chi connectivity index (χ4n) is 8.04. The van der Waals surface area contributed by atoms with E-state index >= 15 is 0 Å². The highest BCUT2D eigenvalue weighted by Gasteiger charge is 2.90. The van der Waals surface area contributed by atoms with Gasteiger partial charge >= 0.3 is 17.9 Å². The minimum absolute atomic E-state index is 0.0456. The van der Waals surface area contributed by atoms with Gasteiger partial charge in [0.15, 0.2) is 6.10 Å². The maximum atomic E-state index is 12.4. The highest BCUT2D eigenvalue weighted by Crippen LogP contribution is 2.77. The summed E-state index contributed by atoms with van der Waals surface area (Å²) in [5, 5.41) is 12.0. The third-order valence-corrected chi connectivity index (χ3v) is 9.55. The first-order valence-corrected chi connectivity index (χ1v) is 12.2. The number of rotatable bonds is 3. The number of fused-ring (bicyclic) bond motifs is 3. The van der Waals surface area contributed by atoms with Crippen LogP contribution in [-0.4, -0.2) is 52.5 Å². The summed E-state index contributed by atoms with van der Waals surface area (Å²) in [4.78, 5) is 37.0. The molecule has 0 aromatic carbocycles. The molecule has 2 heterocycles. The van der Waals surface area contributed by atoms with Crippen LogP contribution in [0, 0.1) is 23.2 Å². The number of ether oxygens (including phenoxy) is 4. The lowest BCUT2D eigenvalue weighted by Gasteiger charge is -2.63. The summed E-state index contributed by atoms with van der Waals surface area (Å²) in [6.45, 7) is 11.6. The molecule has 1 N–H and O–H groups in total. The summed E-state index contributed by atoms with van der Waals surface area (Å²) < 4.78 is 30.2. The first kappa shape index (κ1) is 24.3. The highest BCUT2D eigenvalue weighted by molar-refractivity contribution is 5.68. The predicted molar refractivity (Wildman–Crippen MR) is 120 cm³/mol. The van der Waals surface area contributed by atoms with E-state index < -0.39 is 64.4 Å². The number of epoxide rings is 1. The lowest BCUT2D eigenvalue weighted by Crippen LogP contribution is -2.76. The fraction of sp³-hybridized carbons (Fsp3) is 0.731. The monoisotopic (exact) mass is 490 g/mol. The molecule has 1 saturated heterocycles. The van der Waals surface area contributed by atoms with Crippen LogP contribution in [0.5, 0.6) is 0 Å². The van der Waals surface area contributed by atoms with Crippen molar-refractivity contribution < 1.29 is 42.9 Å². The van der Waals surface area contributed by atoms with Crippen LogP contribution in [0.15, 0.2) is 16.7 Å². The van der Waals surface area contributed by atoms with Crippen molar-refractivity contribution in [1.29, 1.82) is 0 Å². The largest absolute Gasteiger partial charge is 0.469 e. The zero-order valence-corrected chi connectivity index (χ0v) is 21.2. The second kappa shape index (κ2) is 7.32. The van der Waals surface area contributed by atoms with E-state index in [1.54, 1.807) is 13.0 Å². The Hall–Kier alpha value is -2.39. The normalized spacial score (nSPS) is 47.3. The summed E-state index contributed by atoms with van der Waals surface area (Å²) in [5.41, 5.74) is -3.61. The lowest BCUT2D eigenvalue weighted by atomic mass is 9.42. The molecule has 5 rings (SSSR count). The minimum Gasteiger partial charge on any atom is -0.469 e. The molecule has 192 valence electrons. The molecule has 0 amide bonds. The van der Waals surface area contributed by atoms with Gasteiger partial charge in [-0.25, -0.2) is 0 Å². The fourth-order valence-corrected chi connectivity index (χ4v) is 8.04. The van der Waals surface area contributed by atoms with Crippen molar-refractivity contribution in [2.75, 3.05) is 0 Å². The van der Waals surface area contributed by atoms with Crippen molar-refractivity contribution in [3.05, 3.63) is 23.7 Å². The highest BCUT2D eigenvalue weighted by atomic mass is 16.7. The molecule has 2 saturated carbocycles. The Morgan fingerprint density at radius 3 is 2.26 bits per heavy atom. The van der Waals surface area contributed by atoms with Gasteiger partial charge in [0, 0.05) is 44.1 Å². The zero-order chi connectivity index (χ0) is 25.7. The van der Waals surface area contributed by atoms with Crippen molar-refractivity contribution >= 4 is 17.9 Å². The molecule has 9 nitrogen and oxygen atoms in total. The third kappa shape index (κ3) is 2.91. The van der Waals surface area contributed by atoms with E-state index in [9.17, 15) is 19.5 Å². The van der Waals surface area contributed by atoms with Gasteiger partial charge in [-0.1, -0.05) is 13.8 Å².